The van der Waals surface area contributed by atoms with Gasteiger partial charge in [-0.1, -0.05) is 26.0 Å². The summed E-state index contributed by atoms with van der Waals surface area (Å²) in [6.45, 7) is 6.05. The third kappa shape index (κ3) is 4.69. The van der Waals surface area contributed by atoms with E-state index in [1.54, 1.807) is 4.68 Å². The molecule has 0 spiro atoms. The zero-order valence-corrected chi connectivity index (χ0v) is 15.9. The molecular formula is C18H24N8O. The molecule has 0 unspecified atom stereocenters. The van der Waals surface area contributed by atoms with Crippen molar-refractivity contribution in [1.82, 2.24) is 35.3 Å². The Kier molecular flexibility index (Phi) is 5.49. The maximum atomic E-state index is 12.5. The Morgan fingerprint density at radius 3 is 2.78 bits per heavy atom. The van der Waals surface area contributed by atoms with Crippen molar-refractivity contribution >= 4 is 11.7 Å². The topological polar surface area (TPSA) is 113 Å². The van der Waals surface area contributed by atoms with Crippen LogP contribution in [0.15, 0.2) is 30.6 Å². The van der Waals surface area contributed by atoms with Gasteiger partial charge in [0.05, 0.1) is 6.04 Å². The molecular weight excluding hydrogens is 344 g/mol. The molecule has 3 N–H and O–H groups in total. The number of aromatic amines is 1. The van der Waals surface area contributed by atoms with Crippen molar-refractivity contribution in [2.45, 2.75) is 33.2 Å². The van der Waals surface area contributed by atoms with Crippen molar-refractivity contribution in [3.63, 3.8) is 0 Å². The number of aromatic nitrogens is 6. The van der Waals surface area contributed by atoms with Gasteiger partial charge in [0.1, 0.15) is 18.0 Å². The van der Waals surface area contributed by atoms with E-state index in [0.29, 0.717) is 17.4 Å². The van der Waals surface area contributed by atoms with E-state index in [-0.39, 0.29) is 12.1 Å². The molecule has 142 valence electrons. The minimum Gasteiger partial charge on any atom is -0.328 e. The molecule has 2 aromatic heterocycles. The summed E-state index contributed by atoms with van der Waals surface area (Å²) in [6.07, 6.45) is 2.25. The van der Waals surface area contributed by atoms with Crippen LogP contribution in [0.3, 0.4) is 0 Å². The molecule has 0 radical (unpaired) electrons. The molecule has 0 aliphatic rings. The van der Waals surface area contributed by atoms with Gasteiger partial charge >= 0.3 is 6.03 Å². The quantitative estimate of drug-likeness (QED) is 0.619. The van der Waals surface area contributed by atoms with E-state index < -0.39 is 0 Å². The second-order valence-electron chi connectivity index (χ2n) is 6.85. The van der Waals surface area contributed by atoms with Crippen LogP contribution in [0.1, 0.15) is 38.0 Å². The molecule has 9 heteroatoms. The van der Waals surface area contributed by atoms with Crippen molar-refractivity contribution in [1.29, 1.82) is 0 Å². The van der Waals surface area contributed by atoms with Crippen LogP contribution in [-0.2, 0) is 7.05 Å². The highest BCUT2D eigenvalue weighted by Crippen LogP contribution is 2.21. The Labute approximate surface area is 157 Å². The fourth-order valence-electron chi connectivity index (χ4n) is 2.85. The summed E-state index contributed by atoms with van der Waals surface area (Å²) >= 11 is 0. The molecule has 9 nitrogen and oxygen atoms in total. The van der Waals surface area contributed by atoms with Gasteiger partial charge in [0.15, 0.2) is 5.82 Å². The van der Waals surface area contributed by atoms with Gasteiger partial charge in [-0.25, -0.2) is 14.8 Å². The molecule has 2 heterocycles. The number of nitrogens with one attached hydrogen (secondary N) is 3. The number of hydrogen-bond donors (Lipinski definition) is 3. The van der Waals surface area contributed by atoms with Gasteiger partial charge < -0.3 is 10.6 Å². The predicted molar refractivity (Wildman–Crippen MR) is 102 cm³/mol. The van der Waals surface area contributed by atoms with E-state index in [4.69, 9.17) is 0 Å². The fraction of sp³-hybridized carbons (Fsp3) is 0.389. The first-order valence-corrected chi connectivity index (χ1v) is 8.83. The van der Waals surface area contributed by atoms with Crippen molar-refractivity contribution in [2.24, 2.45) is 13.0 Å². The lowest BCUT2D eigenvalue weighted by Crippen LogP contribution is -2.34. The molecule has 1 aromatic carbocycles. The number of carbonyl (C=O) groups is 1. The van der Waals surface area contributed by atoms with Crippen molar-refractivity contribution in [3.05, 3.63) is 42.2 Å². The van der Waals surface area contributed by atoms with E-state index in [1.165, 1.54) is 6.33 Å². The number of nitrogens with zero attached hydrogens (tertiary/aromatic N) is 5. The second kappa shape index (κ2) is 7.98. The lowest BCUT2D eigenvalue weighted by Gasteiger charge is -2.20. The van der Waals surface area contributed by atoms with Crippen LogP contribution >= 0.6 is 0 Å². The molecule has 0 aliphatic carbocycles. The summed E-state index contributed by atoms with van der Waals surface area (Å²) in [5.41, 5.74) is 1.48. The Bertz CT molecular complexity index is 913. The fourth-order valence-corrected chi connectivity index (χ4v) is 2.85. The number of H-pyrrole nitrogens is 1. The molecule has 0 saturated heterocycles. The van der Waals surface area contributed by atoms with Crippen LogP contribution in [0.5, 0.6) is 0 Å². The standard InChI is InChI=1S/C18H24N8O/c1-11(2)8-15(17-19-10-20-26(17)4)23-18(27)22-14-7-5-6-13(9-14)16-21-12(3)24-25-16/h5-7,9-11,15H,8H2,1-4H3,(H,21,24,25)(H2,22,23,27)/t15-/m1/s1. The number of amides is 2. The van der Waals surface area contributed by atoms with Crippen LogP contribution in [-0.4, -0.2) is 36.0 Å². The summed E-state index contributed by atoms with van der Waals surface area (Å²) < 4.78 is 1.68. The zero-order chi connectivity index (χ0) is 19.4. The summed E-state index contributed by atoms with van der Waals surface area (Å²) in [4.78, 5) is 21.1. The largest absolute Gasteiger partial charge is 0.328 e. The number of anilines is 1. The summed E-state index contributed by atoms with van der Waals surface area (Å²) in [7, 11) is 1.82. The number of rotatable bonds is 6. The lowest BCUT2D eigenvalue weighted by atomic mass is 10.0. The van der Waals surface area contributed by atoms with Gasteiger partial charge in [-0.05, 0) is 31.4 Å². The monoisotopic (exact) mass is 368 g/mol. The third-order valence-corrected chi connectivity index (χ3v) is 4.05. The number of aryl methyl sites for hydroxylation is 2. The van der Waals surface area contributed by atoms with Gasteiger partial charge in [0.25, 0.3) is 0 Å². The maximum Gasteiger partial charge on any atom is 0.319 e. The second-order valence-corrected chi connectivity index (χ2v) is 6.85. The average Bonchev–Trinajstić information content (AvgIpc) is 3.22. The SMILES string of the molecule is Cc1nc(-c2cccc(NC(=O)N[C@H](CC(C)C)c3ncnn3C)c2)n[nH]1. The molecule has 27 heavy (non-hydrogen) atoms. The van der Waals surface area contributed by atoms with E-state index in [9.17, 15) is 4.79 Å². The van der Waals surface area contributed by atoms with Gasteiger partial charge in [-0.3, -0.25) is 9.78 Å². The minimum atomic E-state index is -0.299. The van der Waals surface area contributed by atoms with Gasteiger partial charge in [0, 0.05) is 18.3 Å². The zero-order valence-electron chi connectivity index (χ0n) is 15.9. The number of benzene rings is 1. The predicted octanol–water partition coefficient (Wildman–Crippen LogP) is 2.82. The minimum absolute atomic E-state index is 0.226. The highest BCUT2D eigenvalue weighted by atomic mass is 16.2. The van der Waals surface area contributed by atoms with Gasteiger partial charge in [0.2, 0.25) is 0 Å². The molecule has 1 atom stereocenters. The van der Waals surface area contributed by atoms with Gasteiger partial charge in [-0.2, -0.15) is 10.2 Å². The molecule has 0 aliphatic heterocycles. The van der Waals surface area contributed by atoms with E-state index in [1.807, 2.05) is 38.2 Å². The molecule has 3 aromatic rings. The van der Waals surface area contributed by atoms with Crippen LogP contribution in [0.2, 0.25) is 0 Å². The Morgan fingerprint density at radius 2 is 2.15 bits per heavy atom. The first kappa shape index (κ1) is 18.6. The van der Waals surface area contributed by atoms with Crippen molar-refractivity contribution in [3.8, 4) is 11.4 Å². The van der Waals surface area contributed by atoms with Crippen LogP contribution in [0, 0.1) is 12.8 Å². The Hall–Kier alpha value is -3.23. The molecule has 0 fully saturated rings. The normalized spacial score (nSPS) is 12.2. The van der Waals surface area contributed by atoms with E-state index >= 15 is 0 Å². The van der Waals surface area contributed by atoms with E-state index in [2.05, 4.69) is 49.7 Å². The average molecular weight is 368 g/mol. The molecule has 2 amide bonds. The van der Waals surface area contributed by atoms with Crippen LogP contribution in [0.25, 0.3) is 11.4 Å². The molecule has 0 saturated carbocycles. The van der Waals surface area contributed by atoms with Crippen LogP contribution in [0.4, 0.5) is 10.5 Å². The maximum absolute atomic E-state index is 12.5. The smallest absolute Gasteiger partial charge is 0.319 e. The highest BCUT2D eigenvalue weighted by Gasteiger charge is 2.20. The van der Waals surface area contributed by atoms with Crippen molar-refractivity contribution in [2.75, 3.05) is 5.32 Å². The lowest BCUT2D eigenvalue weighted by molar-refractivity contribution is 0.245. The Balaban J connectivity index is 1.71. The van der Waals surface area contributed by atoms with Crippen molar-refractivity contribution < 1.29 is 4.79 Å². The third-order valence-electron chi connectivity index (χ3n) is 4.05. The number of carbonyl (C=O) groups excluding carboxylic acids is 1. The first-order chi connectivity index (χ1) is 12.9. The summed E-state index contributed by atoms with van der Waals surface area (Å²) in [6, 6.07) is 6.88. The molecule has 3 rings (SSSR count). The van der Waals surface area contributed by atoms with Gasteiger partial charge in [-0.15, -0.1) is 0 Å². The Morgan fingerprint density at radius 1 is 1.33 bits per heavy atom. The highest BCUT2D eigenvalue weighted by molar-refractivity contribution is 5.90. The number of urea groups is 1. The van der Waals surface area contributed by atoms with Crippen LogP contribution < -0.4 is 10.6 Å². The van der Waals surface area contributed by atoms with E-state index in [0.717, 1.165) is 23.6 Å². The summed E-state index contributed by atoms with van der Waals surface area (Å²) in [5, 5.41) is 16.9. The number of hydrogen-bond acceptors (Lipinski definition) is 5. The summed E-state index contributed by atoms with van der Waals surface area (Å²) in [5.74, 6) is 2.45. The first-order valence-electron chi connectivity index (χ1n) is 8.83. The molecule has 0 bridgehead atoms.